The molecule has 1 aromatic carbocycles. The zero-order valence-electron chi connectivity index (χ0n) is 6.24. The van der Waals surface area contributed by atoms with Crippen molar-refractivity contribution in [2.45, 2.75) is 0 Å². The van der Waals surface area contributed by atoms with Crippen molar-refractivity contribution < 1.29 is 0 Å². The molecule has 0 unspecified atom stereocenters. The van der Waals surface area contributed by atoms with Crippen LogP contribution in [-0.2, 0) is 0 Å². The summed E-state index contributed by atoms with van der Waals surface area (Å²) in [5, 5.41) is 3.39. The van der Waals surface area contributed by atoms with E-state index < -0.39 is 0 Å². The van der Waals surface area contributed by atoms with Crippen molar-refractivity contribution in [3.05, 3.63) is 29.9 Å². The highest BCUT2D eigenvalue weighted by molar-refractivity contribution is 7.17. The highest BCUT2D eigenvalue weighted by atomic mass is 32.1. The highest BCUT2D eigenvalue weighted by Gasteiger charge is 1.99. The fourth-order valence-electron chi connectivity index (χ4n) is 1.39. The molecule has 0 bridgehead atoms. The molecule has 0 fully saturated rings. The van der Waals surface area contributed by atoms with Crippen molar-refractivity contribution in [3.8, 4) is 0 Å². The largest absolute Gasteiger partial charge is 0.345 e. The maximum absolute atomic E-state index is 4.20. The summed E-state index contributed by atoms with van der Waals surface area (Å²) in [5.74, 6) is 0. The molecule has 3 heteroatoms. The summed E-state index contributed by atoms with van der Waals surface area (Å²) in [6.07, 6.45) is 1.73. The number of imidazole rings is 1. The molecule has 3 aromatic rings. The number of benzene rings is 1. The van der Waals surface area contributed by atoms with Crippen LogP contribution in [0.1, 0.15) is 0 Å². The summed E-state index contributed by atoms with van der Waals surface area (Å²) in [7, 11) is 0. The fourth-order valence-corrected chi connectivity index (χ4v) is 2.20. The first-order valence-corrected chi connectivity index (χ1v) is 4.62. The lowest BCUT2D eigenvalue weighted by molar-refractivity contribution is 1.34. The van der Waals surface area contributed by atoms with Crippen LogP contribution in [-0.4, -0.2) is 9.97 Å². The van der Waals surface area contributed by atoms with Crippen molar-refractivity contribution >= 4 is 32.5 Å². The Hall–Kier alpha value is -1.35. The Bertz CT molecular complexity index is 444. The Labute approximate surface area is 72.9 Å². The molecule has 2 aromatic heterocycles. The van der Waals surface area contributed by atoms with Gasteiger partial charge in [0.1, 0.15) is 0 Å². The molecule has 0 aliphatic carbocycles. The number of rotatable bonds is 0. The second-order valence-electron chi connectivity index (χ2n) is 2.73. The van der Waals surface area contributed by atoms with Gasteiger partial charge in [-0.1, -0.05) is 0 Å². The van der Waals surface area contributed by atoms with Crippen LogP contribution < -0.4 is 0 Å². The van der Waals surface area contributed by atoms with E-state index in [4.69, 9.17) is 0 Å². The molecule has 0 amide bonds. The van der Waals surface area contributed by atoms with E-state index in [1.807, 2.05) is 0 Å². The quantitative estimate of drug-likeness (QED) is 0.557. The molecule has 0 atom stereocenters. The normalized spacial score (nSPS) is 11.3. The fraction of sp³-hybridized carbons (Fsp3) is 0. The summed E-state index contributed by atoms with van der Waals surface area (Å²) in [5.41, 5.74) is 2.16. The molecule has 0 aliphatic heterocycles. The number of fused-ring (bicyclic) bond motifs is 2. The van der Waals surface area contributed by atoms with Crippen molar-refractivity contribution in [1.82, 2.24) is 9.97 Å². The van der Waals surface area contributed by atoms with E-state index in [0.29, 0.717) is 0 Å². The smallest absolute Gasteiger partial charge is 0.0931 e. The van der Waals surface area contributed by atoms with Crippen LogP contribution in [0, 0.1) is 0 Å². The number of thiophene rings is 1. The minimum atomic E-state index is 1.05. The molecule has 2 nitrogen and oxygen atoms in total. The van der Waals surface area contributed by atoms with Gasteiger partial charge in [0, 0.05) is 4.70 Å². The first kappa shape index (κ1) is 6.20. The minimum absolute atomic E-state index is 1.05. The third kappa shape index (κ3) is 0.713. The molecule has 58 valence electrons. The number of hydrogen-bond donors (Lipinski definition) is 1. The van der Waals surface area contributed by atoms with Gasteiger partial charge in [0.2, 0.25) is 0 Å². The summed E-state index contributed by atoms with van der Waals surface area (Å²) in [6, 6.07) is 6.38. The molecule has 0 radical (unpaired) electrons. The predicted octanol–water partition coefficient (Wildman–Crippen LogP) is 2.78. The van der Waals surface area contributed by atoms with E-state index in [0.717, 1.165) is 11.0 Å². The van der Waals surface area contributed by atoms with Gasteiger partial charge < -0.3 is 4.98 Å². The topological polar surface area (TPSA) is 28.7 Å². The van der Waals surface area contributed by atoms with E-state index >= 15 is 0 Å². The standard InChI is InChI=1S/C9H6N2S/c1-2-12-9-4-8-7(3-6(1)9)10-5-11-8/h1-5H,(H,10,11). The van der Waals surface area contributed by atoms with E-state index in [9.17, 15) is 0 Å². The van der Waals surface area contributed by atoms with Gasteiger partial charge in [-0.25, -0.2) is 4.98 Å². The molecule has 0 saturated heterocycles. The zero-order valence-corrected chi connectivity index (χ0v) is 7.06. The molecule has 0 saturated carbocycles. The molecule has 0 aliphatic rings. The van der Waals surface area contributed by atoms with Crippen LogP contribution in [0.3, 0.4) is 0 Å². The number of nitrogens with zero attached hydrogens (tertiary/aromatic N) is 1. The molecule has 0 spiro atoms. The second kappa shape index (κ2) is 2.08. The molecule has 3 rings (SSSR count). The van der Waals surface area contributed by atoms with Crippen LogP contribution in [0.25, 0.3) is 21.1 Å². The van der Waals surface area contributed by atoms with Gasteiger partial charge in [-0.3, -0.25) is 0 Å². The van der Waals surface area contributed by atoms with Crippen molar-refractivity contribution in [3.63, 3.8) is 0 Å². The van der Waals surface area contributed by atoms with E-state index in [1.165, 1.54) is 10.1 Å². The second-order valence-corrected chi connectivity index (χ2v) is 3.68. The Morgan fingerprint density at radius 2 is 2.33 bits per heavy atom. The summed E-state index contributed by atoms with van der Waals surface area (Å²) < 4.78 is 1.30. The zero-order chi connectivity index (χ0) is 7.97. The predicted molar refractivity (Wildman–Crippen MR) is 51.5 cm³/mol. The number of H-pyrrole nitrogens is 1. The van der Waals surface area contributed by atoms with Gasteiger partial charge in [0.05, 0.1) is 17.4 Å². The minimum Gasteiger partial charge on any atom is -0.345 e. The van der Waals surface area contributed by atoms with Gasteiger partial charge >= 0.3 is 0 Å². The third-order valence-corrected chi connectivity index (χ3v) is 2.87. The van der Waals surface area contributed by atoms with Crippen LogP contribution in [0.5, 0.6) is 0 Å². The van der Waals surface area contributed by atoms with E-state index in [2.05, 4.69) is 33.5 Å². The lowest BCUT2D eigenvalue weighted by Crippen LogP contribution is -1.67. The summed E-state index contributed by atoms with van der Waals surface area (Å²) in [4.78, 5) is 7.29. The van der Waals surface area contributed by atoms with Gasteiger partial charge in [-0.05, 0) is 29.0 Å². The van der Waals surface area contributed by atoms with Gasteiger partial charge in [-0.2, -0.15) is 0 Å². The van der Waals surface area contributed by atoms with Crippen LogP contribution >= 0.6 is 11.3 Å². The number of aromatic nitrogens is 2. The first-order chi connectivity index (χ1) is 5.93. The maximum atomic E-state index is 4.20. The third-order valence-electron chi connectivity index (χ3n) is 1.99. The van der Waals surface area contributed by atoms with Crippen LogP contribution in [0.2, 0.25) is 0 Å². The highest BCUT2D eigenvalue weighted by Crippen LogP contribution is 2.24. The Balaban J connectivity index is 2.62. The Kier molecular flexibility index (Phi) is 1.07. The summed E-state index contributed by atoms with van der Waals surface area (Å²) in [6.45, 7) is 0. The molecular formula is C9H6N2S. The molecule has 2 heterocycles. The number of hydrogen-bond acceptors (Lipinski definition) is 2. The SMILES string of the molecule is c1nc2cc3sccc3cc2[nH]1. The van der Waals surface area contributed by atoms with Gasteiger partial charge in [-0.15, -0.1) is 11.3 Å². The number of aromatic amines is 1. The lowest BCUT2D eigenvalue weighted by Gasteiger charge is -1.88. The summed E-state index contributed by atoms with van der Waals surface area (Å²) >= 11 is 1.75. The monoisotopic (exact) mass is 174 g/mol. The lowest BCUT2D eigenvalue weighted by atomic mass is 10.2. The Morgan fingerprint density at radius 3 is 3.33 bits per heavy atom. The van der Waals surface area contributed by atoms with Crippen molar-refractivity contribution in [2.24, 2.45) is 0 Å². The molecule has 1 N–H and O–H groups in total. The average molecular weight is 174 g/mol. The average Bonchev–Trinajstić information content (AvgIpc) is 2.64. The van der Waals surface area contributed by atoms with Crippen LogP contribution in [0.4, 0.5) is 0 Å². The van der Waals surface area contributed by atoms with Gasteiger partial charge in [0.25, 0.3) is 0 Å². The van der Waals surface area contributed by atoms with E-state index in [-0.39, 0.29) is 0 Å². The van der Waals surface area contributed by atoms with Gasteiger partial charge in [0.15, 0.2) is 0 Å². The Morgan fingerprint density at radius 1 is 1.33 bits per heavy atom. The van der Waals surface area contributed by atoms with Crippen molar-refractivity contribution in [1.29, 1.82) is 0 Å². The van der Waals surface area contributed by atoms with Crippen molar-refractivity contribution in [2.75, 3.05) is 0 Å². The number of nitrogens with one attached hydrogen (secondary N) is 1. The molecule has 12 heavy (non-hydrogen) atoms. The first-order valence-electron chi connectivity index (χ1n) is 3.74. The maximum Gasteiger partial charge on any atom is 0.0931 e. The van der Waals surface area contributed by atoms with E-state index in [1.54, 1.807) is 17.7 Å². The van der Waals surface area contributed by atoms with Crippen LogP contribution in [0.15, 0.2) is 29.9 Å². The molecular weight excluding hydrogens is 168 g/mol.